The topological polar surface area (TPSA) is 49.8 Å². The standard InChI is InChI=1S/C15H9F4NO3/c1-5-7(16)3-9-14(11(5)18)23-15-10(20(9)6(2)21)4-8(17)13(22)12(15)19/h3-4,22H,1-2H3. The number of amides is 1. The summed E-state index contributed by atoms with van der Waals surface area (Å²) < 4.78 is 60.7. The fourth-order valence-corrected chi connectivity index (χ4v) is 2.36. The fraction of sp³-hybridized carbons (Fsp3) is 0.133. The van der Waals surface area contributed by atoms with Crippen molar-refractivity contribution in [2.45, 2.75) is 13.8 Å². The lowest BCUT2D eigenvalue weighted by Gasteiger charge is -2.31. The van der Waals surface area contributed by atoms with Gasteiger partial charge in [-0.05, 0) is 6.92 Å². The lowest BCUT2D eigenvalue weighted by atomic mass is 10.1. The van der Waals surface area contributed by atoms with E-state index in [1.54, 1.807) is 0 Å². The number of rotatable bonds is 0. The zero-order valence-electron chi connectivity index (χ0n) is 11.9. The third kappa shape index (κ3) is 2.01. The predicted molar refractivity (Wildman–Crippen MR) is 72.0 cm³/mol. The summed E-state index contributed by atoms with van der Waals surface area (Å²) >= 11 is 0. The van der Waals surface area contributed by atoms with Crippen LogP contribution in [0.4, 0.5) is 28.9 Å². The van der Waals surface area contributed by atoms with E-state index in [1.165, 1.54) is 0 Å². The van der Waals surface area contributed by atoms with E-state index in [0.717, 1.165) is 19.9 Å². The van der Waals surface area contributed by atoms with Gasteiger partial charge < -0.3 is 9.84 Å². The van der Waals surface area contributed by atoms with Crippen molar-refractivity contribution < 1.29 is 32.2 Å². The molecule has 0 saturated heterocycles. The third-order valence-corrected chi connectivity index (χ3v) is 3.51. The maximum Gasteiger partial charge on any atom is 0.228 e. The predicted octanol–water partition coefficient (Wildman–Crippen LogP) is 4.05. The van der Waals surface area contributed by atoms with E-state index < -0.39 is 52.1 Å². The Morgan fingerprint density at radius 1 is 1.04 bits per heavy atom. The van der Waals surface area contributed by atoms with Gasteiger partial charge in [0.1, 0.15) is 5.82 Å². The number of carbonyl (C=O) groups is 1. The molecule has 4 nitrogen and oxygen atoms in total. The van der Waals surface area contributed by atoms with Gasteiger partial charge in [-0.1, -0.05) is 0 Å². The highest BCUT2D eigenvalue weighted by atomic mass is 19.1. The van der Waals surface area contributed by atoms with Crippen LogP contribution in [0.2, 0.25) is 0 Å². The molecule has 2 aromatic rings. The first-order valence-corrected chi connectivity index (χ1v) is 6.42. The summed E-state index contributed by atoms with van der Waals surface area (Å²) in [6.45, 7) is 2.19. The van der Waals surface area contributed by atoms with Crippen molar-refractivity contribution in [3.63, 3.8) is 0 Å². The highest BCUT2D eigenvalue weighted by molar-refractivity contribution is 6.03. The number of hydrogen-bond acceptors (Lipinski definition) is 3. The molecule has 120 valence electrons. The molecule has 0 radical (unpaired) electrons. The Kier molecular flexibility index (Phi) is 3.20. The van der Waals surface area contributed by atoms with E-state index in [4.69, 9.17) is 4.74 Å². The Hall–Kier alpha value is -2.77. The minimum Gasteiger partial charge on any atom is -0.503 e. The van der Waals surface area contributed by atoms with Crippen molar-refractivity contribution in [2.75, 3.05) is 4.90 Å². The summed E-state index contributed by atoms with van der Waals surface area (Å²) in [5.41, 5.74) is -1.11. The normalized spacial score (nSPS) is 12.5. The molecule has 1 N–H and O–H groups in total. The van der Waals surface area contributed by atoms with E-state index in [-0.39, 0.29) is 11.3 Å². The quantitative estimate of drug-likeness (QED) is 0.743. The highest BCUT2D eigenvalue weighted by Gasteiger charge is 2.35. The number of fused-ring (bicyclic) bond motifs is 2. The number of ether oxygens (including phenoxy) is 1. The molecule has 8 heteroatoms. The van der Waals surface area contributed by atoms with Crippen LogP contribution in [0.1, 0.15) is 12.5 Å². The molecule has 3 rings (SSSR count). The van der Waals surface area contributed by atoms with E-state index in [2.05, 4.69) is 0 Å². The van der Waals surface area contributed by atoms with Crippen LogP contribution >= 0.6 is 0 Å². The summed E-state index contributed by atoms with van der Waals surface area (Å²) in [6.07, 6.45) is 0. The summed E-state index contributed by atoms with van der Waals surface area (Å²) in [7, 11) is 0. The summed E-state index contributed by atoms with van der Waals surface area (Å²) in [5.74, 6) is -8.28. The number of phenols is 1. The van der Waals surface area contributed by atoms with Gasteiger partial charge in [0, 0.05) is 24.6 Å². The smallest absolute Gasteiger partial charge is 0.228 e. The molecule has 1 amide bonds. The van der Waals surface area contributed by atoms with Crippen LogP contribution in [-0.4, -0.2) is 11.0 Å². The lowest BCUT2D eigenvalue weighted by Crippen LogP contribution is -2.27. The second kappa shape index (κ2) is 4.87. The van der Waals surface area contributed by atoms with Crippen molar-refractivity contribution in [3.05, 3.63) is 41.0 Å². The highest BCUT2D eigenvalue weighted by Crippen LogP contribution is 2.51. The molecular formula is C15H9F4NO3. The van der Waals surface area contributed by atoms with E-state index >= 15 is 0 Å². The first-order valence-electron chi connectivity index (χ1n) is 6.42. The van der Waals surface area contributed by atoms with Crippen LogP contribution in [0.3, 0.4) is 0 Å². The van der Waals surface area contributed by atoms with Gasteiger partial charge in [-0.2, -0.15) is 4.39 Å². The molecule has 0 spiro atoms. The third-order valence-electron chi connectivity index (χ3n) is 3.51. The first kappa shape index (κ1) is 15.1. The van der Waals surface area contributed by atoms with Crippen molar-refractivity contribution >= 4 is 17.3 Å². The molecule has 0 atom stereocenters. The minimum atomic E-state index is -1.49. The Morgan fingerprint density at radius 2 is 1.57 bits per heavy atom. The number of carbonyl (C=O) groups excluding carboxylic acids is 1. The van der Waals surface area contributed by atoms with Crippen LogP contribution in [0, 0.1) is 30.2 Å². The lowest BCUT2D eigenvalue weighted by molar-refractivity contribution is -0.115. The van der Waals surface area contributed by atoms with Crippen molar-refractivity contribution in [1.82, 2.24) is 0 Å². The van der Waals surface area contributed by atoms with Crippen LogP contribution < -0.4 is 9.64 Å². The molecule has 0 aromatic heterocycles. The minimum absolute atomic E-state index is 0.324. The summed E-state index contributed by atoms with van der Waals surface area (Å²) in [6, 6.07) is 1.48. The Balaban J connectivity index is 2.38. The maximum atomic E-state index is 14.2. The molecule has 0 aliphatic carbocycles. The van der Waals surface area contributed by atoms with Gasteiger partial charge in [0.15, 0.2) is 28.9 Å². The van der Waals surface area contributed by atoms with Gasteiger partial charge in [0.05, 0.1) is 11.4 Å². The van der Waals surface area contributed by atoms with Gasteiger partial charge in [-0.3, -0.25) is 9.69 Å². The molecule has 1 aliphatic rings. The van der Waals surface area contributed by atoms with E-state index in [1.807, 2.05) is 0 Å². The molecule has 0 fully saturated rings. The Labute approximate surface area is 127 Å². The number of phenolic OH excluding ortho intramolecular Hbond substituents is 1. The van der Waals surface area contributed by atoms with Gasteiger partial charge >= 0.3 is 0 Å². The van der Waals surface area contributed by atoms with Crippen LogP contribution in [0.15, 0.2) is 12.1 Å². The van der Waals surface area contributed by atoms with E-state index in [9.17, 15) is 27.5 Å². The molecule has 2 aromatic carbocycles. The maximum absolute atomic E-state index is 14.2. The number of benzene rings is 2. The van der Waals surface area contributed by atoms with Gasteiger partial charge in [0.25, 0.3) is 0 Å². The van der Waals surface area contributed by atoms with E-state index in [0.29, 0.717) is 11.0 Å². The van der Waals surface area contributed by atoms with Crippen molar-refractivity contribution in [1.29, 1.82) is 0 Å². The summed E-state index contributed by atoms with van der Waals surface area (Å²) in [4.78, 5) is 12.6. The zero-order valence-corrected chi connectivity index (χ0v) is 11.9. The molecule has 23 heavy (non-hydrogen) atoms. The average Bonchev–Trinajstić information content (AvgIpc) is 2.49. The number of nitrogens with zero attached hydrogens (tertiary/aromatic N) is 1. The molecule has 1 aliphatic heterocycles. The number of halogens is 4. The monoisotopic (exact) mass is 327 g/mol. The fourth-order valence-electron chi connectivity index (χ4n) is 2.36. The van der Waals surface area contributed by atoms with Crippen LogP contribution in [0.5, 0.6) is 17.2 Å². The molecular weight excluding hydrogens is 318 g/mol. The summed E-state index contributed by atoms with van der Waals surface area (Å²) in [5, 5.41) is 9.32. The van der Waals surface area contributed by atoms with Gasteiger partial charge in [-0.25, -0.2) is 13.2 Å². The Morgan fingerprint density at radius 3 is 2.13 bits per heavy atom. The van der Waals surface area contributed by atoms with Crippen molar-refractivity contribution in [3.8, 4) is 17.2 Å². The number of anilines is 2. The molecule has 0 bridgehead atoms. The molecule has 0 saturated carbocycles. The average molecular weight is 327 g/mol. The zero-order chi connectivity index (χ0) is 17.0. The van der Waals surface area contributed by atoms with Crippen LogP contribution in [-0.2, 0) is 4.79 Å². The Bertz CT molecular complexity index is 803. The first-order chi connectivity index (χ1) is 10.7. The largest absolute Gasteiger partial charge is 0.503 e. The van der Waals surface area contributed by atoms with Gasteiger partial charge in [-0.15, -0.1) is 0 Å². The molecule has 0 unspecified atom stereocenters. The SMILES string of the molecule is CC(=O)N1c2cc(F)c(C)c(F)c2Oc2c1cc(F)c(O)c2F. The second-order valence-corrected chi connectivity index (χ2v) is 4.97. The number of hydrogen-bond donors (Lipinski definition) is 1. The molecule has 1 heterocycles. The second-order valence-electron chi connectivity index (χ2n) is 4.97. The number of aromatic hydroxyl groups is 1. The van der Waals surface area contributed by atoms with Crippen molar-refractivity contribution in [2.24, 2.45) is 0 Å². The van der Waals surface area contributed by atoms with Crippen LogP contribution in [0.25, 0.3) is 0 Å². The van der Waals surface area contributed by atoms with Gasteiger partial charge in [0.2, 0.25) is 11.7 Å².